The van der Waals surface area contributed by atoms with E-state index < -0.39 is 21.1 Å². The SMILES string of the molecule is CCOC(C(=O)c1ccccc1)S(=O)(=O)c1ccc(Cl)cc1. The highest BCUT2D eigenvalue weighted by molar-refractivity contribution is 7.92. The van der Waals surface area contributed by atoms with Crippen LogP contribution in [0.5, 0.6) is 0 Å². The summed E-state index contributed by atoms with van der Waals surface area (Å²) in [6.45, 7) is 1.75. The molecule has 0 aliphatic rings. The average molecular weight is 339 g/mol. The molecule has 0 saturated heterocycles. The van der Waals surface area contributed by atoms with Gasteiger partial charge in [-0.3, -0.25) is 4.79 Å². The minimum Gasteiger partial charge on any atom is -0.355 e. The van der Waals surface area contributed by atoms with Crippen molar-refractivity contribution in [3.63, 3.8) is 0 Å². The first-order valence-corrected chi connectivity index (χ1v) is 8.59. The van der Waals surface area contributed by atoms with Crippen molar-refractivity contribution in [2.45, 2.75) is 17.3 Å². The summed E-state index contributed by atoms with van der Waals surface area (Å²) < 4.78 is 30.6. The number of hydrogen-bond donors (Lipinski definition) is 0. The number of Topliss-reactive ketones (excluding diaryl/α,β-unsaturated/α-hetero) is 1. The van der Waals surface area contributed by atoms with E-state index in [4.69, 9.17) is 16.3 Å². The van der Waals surface area contributed by atoms with Crippen LogP contribution in [0, 0.1) is 0 Å². The van der Waals surface area contributed by atoms with Crippen LogP contribution in [0.1, 0.15) is 17.3 Å². The second-order valence-corrected chi connectivity index (χ2v) is 6.94. The number of hydrogen-bond acceptors (Lipinski definition) is 4. The number of carbonyl (C=O) groups excluding carboxylic acids is 1. The Bertz CT molecular complexity index is 739. The van der Waals surface area contributed by atoms with Crippen molar-refractivity contribution >= 4 is 27.2 Å². The Morgan fingerprint density at radius 3 is 2.23 bits per heavy atom. The third kappa shape index (κ3) is 3.55. The van der Waals surface area contributed by atoms with Gasteiger partial charge in [-0.2, -0.15) is 0 Å². The monoisotopic (exact) mass is 338 g/mol. The van der Waals surface area contributed by atoms with Crippen LogP contribution >= 0.6 is 11.6 Å². The molecule has 2 aromatic rings. The van der Waals surface area contributed by atoms with Gasteiger partial charge in [0.05, 0.1) is 4.90 Å². The summed E-state index contributed by atoms with van der Waals surface area (Å²) in [4.78, 5) is 12.5. The highest BCUT2D eigenvalue weighted by Gasteiger charge is 2.35. The second kappa shape index (κ2) is 7.05. The fourth-order valence-corrected chi connectivity index (χ4v) is 3.57. The lowest BCUT2D eigenvalue weighted by Crippen LogP contribution is -2.33. The van der Waals surface area contributed by atoms with Gasteiger partial charge in [-0.05, 0) is 31.2 Å². The highest BCUT2D eigenvalue weighted by atomic mass is 35.5. The van der Waals surface area contributed by atoms with Crippen LogP contribution in [0.2, 0.25) is 5.02 Å². The first kappa shape index (κ1) is 16.7. The summed E-state index contributed by atoms with van der Waals surface area (Å²) in [5.41, 5.74) is -1.28. The predicted molar refractivity (Wildman–Crippen MR) is 84.8 cm³/mol. The average Bonchev–Trinajstić information content (AvgIpc) is 2.53. The van der Waals surface area contributed by atoms with E-state index in [0.29, 0.717) is 10.6 Å². The van der Waals surface area contributed by atoms with Crippen LogP contribution in [-0.4, -0.2) is 26.2 Å². The number of benzene rings is 2. The van der Waals surface area contributed by atoms with Crippen LogP contribution in [-0.2, 0) is 14.6 Å². The highest BCUT2D eigenvalue weighted by Crippen LogP contribution is 2.22. The molecule has 0 fully saturated rings. The van der Waals surface area contributed by atoms with Crippen molar-refractivity contribution in [2.75, 3.05) is 6.61 Å². The molecule has 1 unspecified atom stereocenters. The third-order valence-corrected chi connectivity index (χ3v) is 5.11. The molecule has 0 spiro atoms. The van der Waals surface area contributed by atoms with Gasteiger partial charge in [-0.25, -0.2) is 8.42 Å². The van der Waals surface area contributed by atoms with E-state index in [0.717, 1.165) is 0 Å². The van der Waals surface area contributed by atoms with Crippen molar-refractivity contribution in [1.82, 2.24) is 0 Å². The lowest BCUT2D eigenvalue weighted by molar-refractivity contribution is 0.0686. The van der Waals surface area contributed by atoms with Gasteiger partial charge in [0.1, 0.15) is 0 Å². The van der Waals surface area contributed by atoms with E-state index in [9.17, 15) is 13.2 Å². The first-order chi connectivity index (χ1) is 10.5. The molecule has 6 heteroatoms. The van der Waals surface area contributed by atoms with Gasteiger partial charge in [0, 0.05) is 17.2 Å². The van der Waals surface area contributed by atoms with Crippen molar-refractivity contribution in [1.29, 1.82) is 0 Å². The molecule has 0 bridgehead atoms. The number of ether oxygens (including phenoxy) is 1. The topological polar surface area (TPSA) is 60.4 Å². The molecule has 0 aliphatic heterocycles. The number of halogens is 1. The molecule has 22 heavy (non-hydrogen) atoms. The maximum atomic E-state index is 12.7. The normalized spacial score (nSPS) is 12.8. The number of rotatable bonds is 6. The Labute approximate surface area is 134 Å². The summed E-state index contributed by atoms with van der Waals surface area (Å²) in [7, 11) is -3.96. The molecule has 0 aliphatic carbocycles. The fraction of sp³-hybridized carbons (Fsp3) is 0.188. The third-order valence-electron chi connectivity index (χ3n) is 3.01. The van der Waals surface area contributed by atoms with Gasteiger partial charge in [0.25, 0.3) is 0 Å². The van der Waals surface area contributed by atoms with E-state index in [1.165, 1.54) is 24.3 Å². The Kier molecular flexibility index (Phi) is 5.34. The van der Waals surface area contributed by atoms with Crippen LogP contribution in [0.25, 0.3) is 0 Å². The van der Waals surface area contributed by atoms with Crippen LogP contribution < -0.4 is 0 Å². The molecular formula is C16H15ClO4S. The van der Waals surface area contributed by atoms with Gasteiger partial charge in [-0.15, -0.1) is 0 Å². The molecule has 0 N–H and O–H groups in total. The largest absolute Gasteiger partial charge is 0.355 e. The lowest BCUT2D eigenvalue weighted by Gasteiger charge is -2.16. The second-order valence-electron chi connectivity index (χ2n) is 4.52. The fourth-order valence-electron chi connectivity index (χ4n) is 1.94. The molecule has 0 heterocycles. The van der Waals surface area contributed by atoms with Crippen molar-refractivity contribution < 1.29 is 17.9 Å². The van der Waals surface area contributed by atoms with Gasteiger partial charge in [0.15, 0.2) is 0 Å². The molecule has 2 aromatic carbocycles. The summed E-state index contributed by atoms with van der Waals surface area (Å²) in [6.07, 6.45) is 0. The molecule has 0 radical (unpaired) electrons. The Hall–Kier alpha value is -1.69. The van der Waals surface area contributed by atoms with Gasteiger partial charge < -0.3 is 4.74 Å². The van der Waals surface area contributed by atoms with E-state index >= 15 is 0 Å². The van der Waals surface area contributed by atoms with E-state index in [2.05, 4.69) is 0 Å². The summed E-state index contributed by atoms with van der Waals surface area (Å²) >= 11 is 5.77. The van der Waals surface area contributed by atoms with Gasteiger partial charge in [-0.1, -0.05) is 41.9 Å². The lowest BCUT2D eigenvalue weighted by atomic mass is 10.1. The molecule has 0 aromatic heterocycles. The predicted octanol–water partition coefficient (Wildman–Crippen LogP) is 3.36. The van der Waals surface area contributed by atoms with Crippen LogP contribution in [0.15, 0.2) is 59.5 Å². The summed E-state index contributed by atoms with van der Waals surface area (Å²) in [5.74, 6) is -0.586. The number of ketones is 1. The zero-order valence-electron chi connectivity index (χ0n) is 11.9. The molecule has 0 saturated carbocycles. The summed E-state index contributed by atoms with van der Waals surface area (Å²) in [6, 6.07) is 13.9. The Morgan fingerprint density at radius 1 is 1.09 bits per heavy atom. The molecule has 4 nitrogen and oxygen atoms in total. The van der Waals surface area contributed by atoms with E-state index in [1.807, 2.05) is 0 Å². The minimum atomic E-state index is -3.96. The van der Waals surface area contributed by atoms with Gasteiger partial charge >= 0.3 is 0 Å². The number of sulfone groups is 1. The number of carbonyl (C=O) groups is 1. The van der Waals surface area contributed by atoms with E-state index in [-0.39, 0.29) is 11.5 Å². The minimum absolute atomic E-state index is 0.000342. The molecule has 116 valence electrons. The smallest absolute Gasteiger partial charge is 0.226 e. The molecular weight excluding hydrogens is 324 g/mol. The van der Waals surface area contributed by atoms with Crippen molar-refractivity contribution in [2.24, 2.45) is 0 Å². The maximum absolute atomic E-state index is 12.7. The molecule has 2 rings (SSSR count). The first-order valence-electron chi connectivity index (χ1n) is 6.67. The van der Waals surface area contributed by atoms with Crippen molar-refractivity contribution in [3.05, 3.63) is 65.2 Å². The van der Waals surface area contributed by atoms with Crippen molar-refractivity contribution in [3.8, 4) is 0 Å². The van der Waals surface area contributed by atoms with E-state index in [1.54, 1.807) is 37.3 Å². The molecule has 1 atom stereocenters. The molecule has 0 amide bonds. The summed E-state index contributed by atoms with van der Waals surface area (Å²) in [5, 5.41) is 0.418. The van der Waals surface area contributed by atoms with Crippen LogP contribution in [0.3, 0.4) is 0 Å². The Balaban J connectivity index is 2.42. The zero-order valence-corrected chi connectivity index (χ0v) is 13.5. The van der Waals surface area contributed by atoms with Gasteiger partial charge in [0.2, 0.25) is 21.1 Å². The van der Waals surface area contributed by atoms with Crippen LogP contribution in [0.4, 0.5) is 0 Å². The zero-order chi connectivity index (χ0) is 16.2. The Morgan fingerprint density at radius 2 is 1.68 bits per heavy atom. The standard InChI is InChI=1S/C16H15ClO4S/c1-2-21-16(15(18)12-6-4-3-5-7-12)22(19,20)14-10-8-13(17)9-11-14/h3-11,16H,2H2,1H3. The quantitative estimate of drug-likeness (QED) is 0.758. The maximum Gasteiger partial charge on any atom is 0.226 e.